The number of halogens is 1. The van der Waals surface area contributed by atoms with Crippen LogP contribution in [0.4, 0.5) is 4.39 Å². The van der Waals surface area contributed by atoms with Crippen LogP contribution >= 0.6 is 11.3 Å². The topological polar surface area (TPSA) is 36.4 Å². The first-order valence-corrected chi connectivity index (χ1v) is 10.2. The second-order valence-electron chi connectivity index (χ2n) is 7.03. The van der Waals surface area contributed by atoms with E-state index in [4.69, 9.17) is 4.98 Å². The molecule has 4 aromatic rings. The molecular formula is C24H21FN2OS. The fraction of sp³-hybridized carbons (Fsp3) is 0.125. The van der Waals surface area contributed by atoms with Gasteiger partial charge in [-0.3, -0.25) is 4.90 Å². The molecule has 29 heavy (non-hydrogen) atoms. The third-order valence-corrected chi connectivity index (χ3v) is 5.64. The maximum absolute atomic E-state index is 13.2. The molecule has 1 aromatic heterocycles. The number of aromatic hydroxyl groups is 1. The van der Waals surface area contributed by atoms with Crippen molar-refractivity contribution in [3.63, 3.8) is 0 Å². The molecule has 1 heterocycles. The molecule has 0 amide bonds. The molecule has 3 aromatic carbocycles. The van der Waals surface area contributed by atoms with Crippen molar-refractivity contribution < 1.29 is 9.50 Å². The van der Waals surface area contributed by atoms with Gasteiger partial charge in [0.15, 0.2) is 0 Å². The number of aromatic nitrogens is 1. The first-order valence-electron chi connectivity index (χ1n) is 9.35. The van der Waals surface area contributed by atoms with E-state index in [0.29, 0.717) is 13.1 Å². The number of nitrogens with zero attached hydrogens (tertiary/aromatic N) is 2. The van der Waals surface area contributed by atoms with Gasteiger partial charge in [-0.15, -0.1) is 11.3 Å². The lowest BCUT2D eigenvalue weighted by Gasteiger charge is -2.17. The van der Waals surface area contributed by atoms with Crippen LogP contribution < -0.4 is 0 Å². The van der Waals surface area contributed by atoms with Crippen molar-refractivity contribution in [3.05, 3.63) is 95.3 Å². The Kier molecular flexibility index (Phi) is 5.69. The van der Waals surface area contributed by atoms with Gasteiger partial charge in [-0.05, 0) is 42.4 Å². The van der Waals surface area contributed by atoms with Crippen molar-refractivity contribution in [2.75, 3.05) is 7.05 Å². The van der Waals surface area contributed by atoms with Gasteiger partial charge in [0.1, 0.15) is 16.6 Å². The van der Waals surface area contributed by atoms with E-state index < -0.39 is 0 Å². The van der Waals surface area contributed by atoms with E-state index in [0.717, 1.165) is 33.0 Å². The minimum Gasteiger partial charge on any atom is -0.508 e. The van der Waals surface area contributed by atoms with Crippen LogP contribution in [0.2, 0.25) is 0 Å². The highest BCUT2D eigenvalue weighted by Crippen LogP contribution is 2.28. The van der Waals surface area contributed by atoms with Crippen LogP contribution in [0.5, 0.6) is 5.75 Å². The monoisotopic (exact) mass is 404 g/mol. The smallest absolute Gasteiger partial charge is 0.123 e. The van der Waals surface area contributed by atoms with Crippen molar-refractivity contribution in [1.82, 2.24) is 9.88 Å². The lowest BCUT2D eigenvalue weighted by Crippen LogP contribution is -2.17. The Labute approximate surface area is 173 Å². The fourth-order valence-corrected chi connectivity index (χ4v) is 4.07. The van der Waals surface area contributed by atoms with Crippen LogP contribution in [-0.4, -0.2) is 22.0 Å². The van der Waals surface area contributed by atoms with Crippen LogP contribution in [0.15, 0.2) is 78.2 Å². The molecule has 0 fully saturated rings. The second-order valence-corrected chi connectivity index (χ2v) is 7.89. The van der Waals surface area contributed by atoms with Gasteiger partial charge in [0.2, 0.25) is 0 Å². The Morgan fingerprint density at radius 1 is 0.897 bits per heavy atom. The van der Waals surface area contributed by atoms with Gasteiger partial charge >= 0.3 is 0 Å². The zero-order valence-corrected chi connectivity index (χ0v) is 16.9. The van der Waals surface area contributed by atoms with Crippen molar-refractivity contribution in [2.24, 2.45) is 0 Å². The Morgan fingerprint density at radius 2 is 1.62 bits per heavy atom. The molecule has 0 saturated heterocycles. The molecule has 0 aliphatic carbocycles. The fourth-order valence-electron chi connectivity index (χ4n) is 3.25. The number of phenolic OH excluding ortho intramolecular Hbond substituents is 1. The largest absolute Gasteiger partial charge is 0.508 e. The number of thiazole rings is 1. The number of hydrogen-bond donors (Lipinski definition) is 1. The predicted octanol–water partition coefficient (Wildman–Crippen LogP) is 5.95. The van der Waals surface area contributed by atoms with Crippen LogP contribution in [0, 0.1) is 5.82 Å². The number of hydrogen-bond acceptors (Lipinski definition) is 4. The molecule has 0 spiro atoms. The van der Waals surface area contributed by atoms with Crippen LogP contribution in [0.25, 0.3) is 21.7 Å². The average Bonchev–Trinajstić information content (AvgIpc) is 3.19. The molecule has 0 atom stereocenters. The lowest BCUT2D eigenvalue weighted by atomic mass is 10.0. The van der Waals surface area contributed by atoms with E-state index in [2.05, 4.69) is 22.4 Å². The first-order chi connectivity index (χ1) is 14.1. The molecule has 4 rings (SSSR count). The highest BCUT2D eigenvalue weighted by molar-refractivity contribution is 7.13. The summed E-state index contributed by atoms with van der Waals surface area (Å²) < 4.78 is 13.2. The molecule has 5 heteroatoms. The van der Waals surface area contributed by atoms with Gasteiger partial charge in [0.05, 0.1) is 5.69 Å². The summed E-state index contributed by atoms with van der Waals surface area (Å²) >= 11 is 1.64. The van der Waals surface area contributed by atoms with E-state index in [1.165, 1.54) is 12.1 Å². The highest BCUT2D eigenvalue weighted by atomic mass is 32.1. The zero-order chi connectivity index (χ0) is 20.2. The Bertz CT molecular complexity index is 1090. The SMILES string of the molecule is CN(Cc1csc(-c2ccccc2)n1)Cc1cc(-c2ccc(F)cc2)ccc1O. The zero-order valence-electron chi connectivity index (χ0n) is 16.0. The first kappa shape index (κ1) is 19.3. The molecule has 146 valence electrons. The molecule has 0 aliphatic rings. The minimum atomic E-state index is -0.259. The van der Waals surface area contributed by atoms with Crippen molar-refractivity contribution >= 4 is 11.3 Å². The third kappa shape index (κ3) is 4.70. The van der Waals surface area contributed by atoms with E-state index in [1.807, 2.05) is 37.4 Å². The van der Waals surface area contributed by atoms with E-state index >= 15 is 0 Å². The summed E-state index contributed by atoms with van der Waals surface area (Å²) in [7, 11) is 2.01. The lowest BCUT2D eigenvalue weighted by molar-refractivity contribution is 0.309. The molecular weight excluding hydrogens is 383 g/mol. The summed E-state index contributed by atoms with van der Waals surface area (Å²) in [5.41, 5.74) is 4.82. The van der Waals surface area contributed by atoms with Gasteiger partial charge < -0.3 is 5.11 Å². The third-order valence-electron chi connectivity index (χ3n) is 4.70. The van der Waals surface area contributed by atoms with Crippen molar-refractivity contribution in [2.45, 2.75) is 13.1 Å². The maximum atomic E-state index is 13.2. The summed E-state index contributed by atoms with van der Waals surface area (Å²) in [5.74, 6) is -0.00316. The van der Waals surface area contributed by atoms with E-state index in [9.17, 15) is 9.50 Å². The minimum absolute atomic E-state index is 0.256. The van der Waals surface area contributed by atoms with Crippen molar-refractivity contribution in [3.8, 4) is 27.4 Å². The highest BCUT2D eigenvalue weighted by Gasteiger charge is 2.11. The van der Waals surface area contributed by atoms with Crippen molar-refractivity contribution in [1.29, 1.82) is 0 Å². The molecule has 3 nitrogen and oxygen atoms in total. The van der Waals surface area contributed by atoms with Gasteiger partial charge in [0.25, 0.3) is 0 Å². The molecule has 0 radical (unpaired) electrons. The Hall–Kier alpha value is -3.02. The predicted molar refractivity (Wildman–Crippen MR) is 116 cm³/mol. The number of benzene rings is 3. The Balaban J connectivity index is 1.47. The van der Waals surface area contributed by atoms with Crippen LogP contribution in [-0.2, 0) is 13.1 Å². The summed E-state index contributed by atoms with van der Waals surface area (Å²) in [6.07, 6.45) is 0. The van der Waals surface area contributed by atoms with Gasteiger partial charge in [0, 0.05) is 29.6 Å². The van der Waals surface area contributed by atoms with E-state index in [-0.39, 0.29) is 11.6 Å². The van der Waals surface area contributed by atoms with Gasteiger partial charge in [-0.2, -0.15) is 0 Å². The van der Waals surface area contributed by atoms with Crippen LogP contribution in [0.1, 0.15) is 11.3 Å². The molecule has 1 N–H and O–H groups in total. The Morgan fingerprint density at radius 3 is 2.38 bits per heavy atom. The normalized spacial score (nSPS) is 11.1. The maximum Gasteiger partial charge on any atom is 0.123 e. The van der Waals surface area contributed by atoms with Gasteiger partial charge in [-0.25, -0.2) is 9.37 Å². The molecule has 0 saturated carbocycles. The van der Waals surface area contributed by atoms with Gasteiger partial charge in [-0.1, -0.05) is 48.5 Å². The quantitative estimate of drug-likeness (QED) is 0.431. The summed E-state index contributed by atoms with van der Waals surface area (Å²) in [4.78, 5) is 6.86. The summed E-state index contributed by atoms with van der Waals surface area (Å²) in [6, 6.07) is 22.0. The number of rotatable bonds is 6. The summed E-state index contributed by atoms with van der Waals surface area (Å²) in [6.45, 7) is 1.27. The van der Waals surface area contributed by atoms with E-state index in [1.54, 1.807) is 29.5 Å². The average molecular weight is 405 g/mol. The standard InChI is InChI=1S/C24H21FN2OS/c1-27(15-22-16-29-24(26-22)18-5-3-2-4-6-18)14-20-13-19(9-12-23(20)28)17-7-10-21(25)11-8-17/h2-13,16,28H,14-15H2,1H3. The molecule has 0 bridgehead atoms. The van der Waals surface area contributed by atoms with Crippen LogP contribution in [0.3, 0.4) is 0 Å². The molecule has 0 unspecified atom stereocenters. The second kappa shape index (κ2) is 8.55. The number of phenols is 1. The molecule has 0 aliphatic heterocycles. The summed E-state index contributed by atoms with van der Waals surface area (Å²) in [5, 5.41) is 13.4.